The van der Waals surface area contributed by atoms with Crippen LogP contribution < -0.4 is 15.4 Å². The fourth-order valence-electron chi connectivity index (χ4n) is 4.70. The number of amides is 4. The number of hydrogen-bond acceptors (Lipinski definition) is 5. The van der Waals surface area contributed by atoms with E-state index in [1.165, 1.54) is 17.7 Å². The molecule has 4 rings (SSSR count). The lowest BCUT2D eigenvalue weighted by Gasteiger charge is -2.30. The summed E-state index contributed by atoms with van der Waals surface area (Å²) in [6.07, 6.45) is 10.7. The van der Waals surface area contributed by atoms with Crippen molar-refractivity contribution in [1.29, 1.82) is 0 Å². The quantitative estimate of drug-likeness (QED) is 0.668. The zero-order chi connectivity index (χ0) is 21.0. The Balaban J connectivity index is 1.27. The molecule has 3 aliphatic rings. The van der Waals surface area contributed by atoms with Gasteiger partial charge in [-0.15, -0.1) is 0 Å². The number of carbonyl (C=O) groups excluding carboxylic acids is 3. The average molecular weight is 415 g/mol. The van der Waals surface area contributed by atoms with Gasteiger partial charge >= 0.3 is 6.03 Å². The summed E-state index contributed by atoms with van der Waals surface area (Å²) in [4.78, 5) is 43.0. The minimum atomic E-state index is -0.742. The van der Waals surface area contributed by atoms with Crippen molar-refractivity contribution in [2.45, 2.75) is 82.4 Å². The maximum absolute atomic E-state index is 12.8. The van der Waals surface area contributed by atoms with Crippen LogP contribution in [-0.2, 0) is 16.1 Å². The van der Waals surface area contributed by atoms with E-state index in [1.807, 2.05) is 12.1 Å². The Morgan fingerprint density at radius 2 is 1.97 bits per heavy atom. The van der Waals surface area contributed by atoms with Crippen LogP contribution in [0.25, 0.3) is 0 Å². The van der Waals surface area contributed by atoms with Gasteiger partial charge in [-0.05, 0) is 44.6 Å². The number of carbonyl (C=O) groups is 3. The number of aromatic nitrogens is 1. The predicted molar refractivity (Wildman–Crippen MR) is 110 cm³/mol. The molecule has 0 aromatic carbocycles. The summed E-state index contributed by atoms with van der Waals surface area (Å²) in [5.74, 6) is 0.174. The van der Waals surface area contributed by atoms with Crippen LogP contribution in [0, 0.1) is 0 Å². The summed E-state index contributed by atoms with van der Waals surface area (Å²) < 4.78 is 6.00. The van der Waals surface area contributed by atoms with Gasteiger partial charge in [0, 0.05) is 31.3 Å². The molecule has 1 spiro atoms. The molecule has 0 unspecified atom stereocenters. The maximum Gasteiger partial charge on any atom is 0.325 e. The Kier molecular flexibility index (Phi) is 6.20. The molecule has 162 valence electrons. The second kappa shape index (κ2) is 9.02. The zero-order valence-corrected chi connectivity index (χ0v) is 17.3. The van der Waals surface area contributed by atoms with E-state index in [-0.39, 0.29) is 36.9 Å². The fourth-order valence-corrected chi connectivity index (χ4v) is 4.70. The number of nitrogens with one attached hydrogen (secondary N) is 2. The molecule has 1 aliphatic heterocycles. The van der Waals surface area contributed by atoms with Gasteiger partial charge in [-0.2, -0.15) is 0 Å². The lowest BCUT2D eigenvalue weighted by atomic mass is 9.82. The molecular weight excluding hydrogens is 384 g/mol. The third-order valence-corrected chi connectivity index (χ3v) is 6.42. The Labute approximate surface area is 176 Å². The molecule has 8 heteroatoms. The number of urea groups is 1. The summed E-state index contributed by atoms with van der Waals surface area (Å²) in [7, 11) is 0. The minimum absolute atomic E-state index is 0.0777. The SMILES string of the molecule is O=C(CCN1C(=O)NC2(CCCCC2)C1=O)NCc1cccnc1OC1CCCC1. The van der Waals surface area contributed by atoms with E-state index in [9.17, 15) is 14.4 Å². The van der Waals surface area contributed by atoms with Crippen molar-refractivity contribution >= 4 is 17.8 Å². The van der Waals surface area contributed by atoms with Crippen molar-refractivity contribution in [3.8, 4) is 5.88 Å². The molecule has 30 heavy (non-hydrogen) atoms. The van der Waals surface area contributed by atoms with Gasteiger partial charge in [0.25, 0.3) is 5.91 Å². The number of ether oxygens (including phenoxy) is 1. The van der Waals surface area contributed by atoms with Crippen molar-refractivity contribution in [2.75, 3.05) is 6.54 Å². The highest BCUT2D eigenvalue weighted by atomic mass is 16.5. The average Bonchev–Trinajstić information content (AvgIpc) is 3.34. The highest BCUT2D eigenvalue weighted by molar-refractivity contribution is 6.07. The van der Waals surface area contributed by atoms with Crippen molar-refractivity contribution in [2.24, 2.45) is 0 Å². The molecule has 1 aromatic rings. The Morgan fingerprint density at radius 3 is 2.73 bits per heavy atom. The predicted octanol–water partition coefficient (Wildman–Crippen LogP) is 2.66. The fraction of sp³-hybridized carbons (Fsp3) is 0.636. The number of pyridine rings is 1. The first-order chi connectivity index (χ1) is 14.6. The highest BCUT2D eigenvalue weighted by Crippen LogP contribution is 2.33. The van der Waals surface area contributed by atoms with E-state index in [2.05, 4.69) is 15.6 Å². The first kappa shape index (κ1) is 20.6. The number of imide groups is 1. The molecule has 3 fully saturated rings. The monoisotopic (exact) mass is 414 g/mol. The van der Waals surface area contributed by atoms with Gasteiger partial charge < -0.3 is 15.4 Å². The number of hydrogen-bond donors (Lipinski definition) is 2. The van der Waals surface area contributed by atoms with E-state index >= 15 is 0 Å². The smallest absolute Gasteiger partial charge is 0.325 e. The summed E-state index contributed by atoms with van der Waals surface area (Å²) in [5.41, 5.74) is 0.0856. The van der Waals surface area contributed by atoms with Crippen LogP contribution in [0.15, 0.2) is 18.3 Å². The molecule has 4 amide bonds. The van der Waals surface area contributed by atoms with Crippen LogP contribution in [0.3, 0.4) is 0 Å². The number of rotatable bonds is 7. The topological polar surface area (TPSA) is 101 Å². The third kappa shape index (κ3) is 4.42. The molecular formula is C22H30N4O4. The lowest BCUT2D eigenvalue weighted by molar-refractivity contribution is -0.132. The van der Waals surface area contributed by atoms with Crippen LogP contribution in [0.4, 0.5) is 4.79 Å². The number of nitrogens with zero attached hydrogens (tertiary/aromatic N) is 2. The Hall–Kier alpha value is -2.64. The first-order valence-electron chi connectivity index (χ1n) is 11.1. The molecule has 8 nitrogen and oxygen atoms in total. The van der Waals surface area contributed by atoms with Crippen LogP contribution in [-0.4, -0.2) is 45.9 Å². The van der Waals surface area contributed by atoms with Gasteiger partial charge in [0.1, 0.15) is 11.6 Å². The minimum Gasteiger partial charge on any atom is -0.474 e. The van der Waals surface area contributed by atoms with E-state index in [4.69, 9.17) is 4.74 Å². The lowest BCUT2D eigenvalue weighted by Crippen LogP contribution is -2.48. The second-order valence-corrected chi connectivity index (χ2v) is 8.55. The second-order valence-electron chi connectivity index (χ2n) is 8.55. The van der Waals surface area contributed by atoms with E-state index in [0.717, 1.165) is 37.7 Å². The molecule has 2 N–H and O–H groups in total. The van der Waals surface area contributed by atoms with Gasteiger partial charge in [0.2, 0.25) is 11.8 Å². The van der Waals surface area contributed by atoms with E-state index < -0.39 is 5.54 Å². The van der Waals surface area contributed by atoms with Gasteiger partial charge in [0.15, 0.2) is 0 Å². The summed E-state index contributed by atoms with van der Waals surface area (Å²) in [6, 6.07) is 3.33. The first-order valence-corrected chi connectivity index (χ1v) is 11.1. The van der Waals surface area contributed by atoms with Crippen LogP contribution >= 0.6 is 0 Å². The highest BCUT2D eigenvalue weighted by Gasteiger charge is 2.51. The van der Waals surface area contributed by atoms with Crippen LogP contribution in [0.5, 0.6) is 5.88 Å². The van der Waals surface area contributed by atoms with Gasteiger partial charge in [-0.3, -0.25) is 14.5 Å². The molecule has 0 bridgehead atoms. The maximum atomic E-state index is 12.8. The summed E-state index contributed by atoms with van der Waals surface area (Å²) in [5, 5.41) is 5.73. The van der Waals surface area contributed by atoms with Crippen LogP contribution in [0.2, 0.25) is 0 Å². The van der Waals surface area contributed by atoms with Gasteiger partial charge in [0.05, 0.1) is 0 Å². The van der Waals surface area contributed by atoms with Crippen LogP contribution in [0.1, 0.15) is 69.8 Å². The molecule has 0 radical (unpaired) electrons. The van der Waals surface area contributed by atoms with Gasteiger partial charge in [-0.1, -0.05) is 25.3 Å². The van der Waals surface area contributed by atoms with E-state index in [1.54, 1.807) is 6.20 Å². The standard InChI is InChI=1S/C22H30N4O4/c27-18(10-14-26-20(28)22(25-21(26)29)11-4-1-5-12-22)24-15-16-7-6-13-23-19(16)30-17-8-2-3-9-17/h6-7,13,17H,1-5,8-12,14-15H2,(H,24,27)(H,25,29). The van der Waals surface area contributed by atoms with Crippen molar-refractivity contribution in [3.63, 3.8) is 0 Å². The molecule has 2 saturated carbocycles. The summed E-state index contributed by atoms with van der Waals surface area (Å²) in [6.45, 7) is 0.398. The van der Waals surface area contributed by atoms with Crippen molar-refractivity contribution < 1.29 is 19.1 Å². The molecule has 1 saturated heterocycles. The van der Waals surface area contributed by atoms with E-state index in [0.29, 0.717) is 25.3 Å². The molecule has 1 aromatic heterocycles. The van der Waals surface area contributed by atoms with Crippen molar-refractivity contribution in [1.82, 2.24) is 20.5 Å². The largest absolute Gasteiger partial charge is 0.474 e. The van der Waals surface area contributed by atoms with Crippen molar-refractivity contribution in [3.05, 3.63) is 23.9 Å². The Morgan fingerprint density at radius 1 is 1.20 bits per heavy atom. The molecule has 2 aliphatic carbocycles. The summed E-state index contributed by atoms with van der Waals surface area (Å²) >= 11 is 0. The normalized spacial score (nSPS) is 21.1. The molecule has 2 heterocycles. The van der Waals surface area contributed by atoms with Gasteiger partial charge in [-0.25, -0.2) is 9.78 Å². The zero-order valence-electron chi connectivity index (χ0n) is 17.3. The third-order valence-electron chi connectivity index (χ3n) is 6.42. The molecule has 0 atom stereocenters. The Bertz CT molecular complexity index is 800.